The van der Waals surface area contributed by atoms with Gasteiger partial charge in [-0.05, 0) is 60.2 Å². The highest BCUT2D eigenvalue weighted by Gasteiger charge is 2.34. The quantitative estimate of drug-likeness (QED) is 0.909. The van der Waals surface area contributed by atoms with Crippen molar-refractivity contribution in [3.8, 4) is 5.75 Å². The van der Waals surface area contributed by atoms with Crippen molar-refractivity contribution in [3.05, 3.63) is 42.0 Å². The molecule has 0 radical (unpaired) electrons. The second-order valence-electron chi connectivity index (χ2n) is 7.30. The number of methoxy groups -OCH3 is 1. The molecule has 0 bridgehead atoms. The Labute approximate surface area is 149 Å². The zero-order valence-electron chi connectivity index (χ0n) is 14.8. The van der Waals surface area contributed by atoms with Crippen LogP contribution in [0, 0.1) is 5.92 Å². The molecule has 4 rings (SSSR count). The molecular weight excluding hydrogens is 312 g/mol. The molecule has 1 aliphatic carbocycles. The third-order valence-corrected chi connectivity index (χ3v) is 5.44. The first-order valence-corrected chi connectivity index (χ1v) is 9.32. The monoisotopic (exact) mass is 338 g/mol. The van der Waals surface area contributed by atoms with E-state index in [9.17, 15) is 4.79 Å². The van der Waals surface area contributed by atoms with Gasteiger partial charge in [-0.3, -0.25) is 4.79 Å². The van der Waals surface area contributed by atoms with Gasteiger partial charge in [-0.25, -0.2) is 0 Å². The molecule has 2 aromatic carbocycles. The van der Waals surface area contributed by atoms with Crippen molar-refractivity contribution in [1.82, 2.24) is 10.2 Å². The Hall–Kier alpha value is -2.07. The molecule has 1 N–H and O–H groups in total. The number of carbonyl (C=O) groups is 1. The van der Waals surface area contributed by atoms with Crippen molar-refractivity contribution in [3.63, 3.8) is 0 Å². The van der Waals surface area contributed by atoms with Crippen LogP contribution in [0.3, 0.4) is 0 Å². The van der Waals surface area contributed by atoms with E-state index in [0.29, 0.717) is 17.9 Å². The van der Waals surface area contributed by atoms with E-state index in [0.717, 1.165) is 51.1 Å². The highest BCUT2D eigenvalue weighted by molar-refractivity contribution is 5.84. The molecular formula is C21H26N2O2. The molecule has 2 aromatic rings. The summed E-state index contributed by atoms with van der Waals surface area (Å²) in [5.41, 5.74) is 1.30. The molecule has 4 heteroatoms. The molecule has 0 spiro atoms. The van der Waals surface area contributed by atoms with Crippen LogP contribution >= 0.6 is 0 Å². The predicted octanol–water partition coefficient (Wildman–Crippen LogP) is 3.34. The van der Waals surface area contributed by atoms with E-state index >= 15 is 0 Å². The van der Waals surface area contributed by atoms with Crippen molar-refractivity contribution < 1.29 is 9.53 Å². The Morgan fingerprint density at radius 2 is 1.80 bits per heavy atom. The number of fused-ring (bicyclic) bond motifs is 1. The molecule has 0 aromatic heterocycles. The summed E-state index contributed by atoms with van der Waals surface area (Å²) in [7, 11) is 1.70. The Morgan fingerprint density at radius 3 is 2.52 bits per heavy atom. The van der Waals surface area contributed by atoms with Crippen LogP contribution in [0.4, 0.5) is 0 Å². The Morgan fingerprint density at radius 1 is 1.08 bits per heavy atom. The van der Waals surface area contributed by atoms with Gasteiger partial charge in [-0.1, -0.05) is 18.2 Å². The van der Waals surface area contributed by atoms with Gasteiger partial charge in [0.1, 0.15) is 5.75 Å². The van der Waals surface area contributed by atoms with Gasteiger partial charge in [-0.15, -0.1) is 0 Å². The first-order chi connectivity index (χ1) is 12.2. The first kappa shape index (κ1) is 16.4. The number of nitrogens with one attached hydrogen (secondary N) is 1. The number of benzene rings is 2. The summed E-state index contributed by atoms with van der Waals surface area (Å²) >= 11 is 0. The van der Waals surface area contributed by atoms with Crippen molar-refractivity contribution >= 4 is 16.7 Å². The van der Waals surface area contributed by atoms with Crippen LogP contribution in [0.1, 0.15) is 31.2 Å². The minimum atomic E-state index is 0.348. The van der Waals surface area contributed by atoms with Crippen LogP contribution < -0.4 is 10.1 Å². The number of amides is 1. The summed E-state index contributed by atoms with van der Waals surface area (Å²) in [5, 5.41) is 6.11. The first-order valence-electron chi connectivity index (χ1n) is 9.32. The molecule has 1 amide bonds. The fourth-order valence-electron chi connectivity index (χ4n) is 3.66. The lowest BCUT2D eigenvalue weighted by Crippen LogP contribution is -2.45. The lowest BCUT2D eigenvalue weighted by atomic mass is 10.0. The lowest BCUT2D eigenvalue weighted by Gasteiger charge is -2.32. The van der Waals surface area contributed by atoms with Crippen LogP contribution in [0.5, 0.6) is 5.75 Å². The second kappa shape index (κ2) is 7.04. The van der Waals surface area contributed by atoms with Crippen molar-refractivity contribution in [2.75, 3.05) is 20.2 Å². The molecule has 0 unspecified atom stereocenters. The summed E-state index contributed by atoms with van der Waals surface area (Å²) in [6.07, 6.45) is 4.32. The van der Waals surface area contributed by atoms with Crippen LogP contribution in [0.2, 0.25) is 0 Å². The Bertz CT molecular complexity index is 762. The number of likely N-dealkylation sites (tertiary alicyclic amines) is 1. The maximum Gasteiger partial charge on any atom is 0.225 e. The summed E-state index contributed by atoms with van der Waals surface area (Å²) in [5.74, 6) is 1.63. The predicted molar refractivity (Wildman–Crippen MR) is 99.7 cm³/mol. The number of carbonyl (C=O) groups excluding carboxylic acids is 1. The minimum absolute atomic E-state index is 0.348. The van der Waals surface area contributed by atoms with Gasteiger partial charge in [0, 0.05) is 31.6 Å². The lowest BCUT2D eigenvalue weighted by molar-refractivity contribution is -0.133. The number of rotatable bonds is 5. The average Bonchev–Trinajstić information content (AvgIpc) is 3.51. The number of ether oxygens (including phenoxy) is 1. The summed E-state index contributed by atoms with van der Waals surface area (Å²) in [6, 6.07) is 13.3. The molecule has 0 atom stereocenters. The summed E-state index contributed by atoms with van der Waals surface area (Å²) in [6.45, 7) is 2.69. The third kappa shape index (κ3) is 3.79. The SMILES string of the molecule is COc1ccc2cc(CNC3CCN(C(=O)C4CC4)CC3)ccc2c1. The van der Waals surface area contributed by atoms with Gasteiger partial charge in [0.2, 0.25) is 5.91 Å². The smallest absolute Gasteiger partial charge is 0.225 e. The third-order valence-electron chi connectivity index (χ3n) is 5.44. The van der Waals surface area contributed by atoms with E-state index in [1.54, 1.807) is 7.11 Å². The molecule has 1 saturated heterocycles. The Balaban J connectivity index is 1.31. The van der Waals surface area contributed by atoms with E-state index in [4.69, 9.17) is 4.74 Å². The number of hydrogen-bond acceptors (Lipinski definition) is 3. The van der Waals surface area contributed by atoms with Gasteiger partial charge in [0.15, 0.2) is 0 Å². The van der Waals surface area contributed by atoms with Gasteiger partial charge in [0.25, 0.3) is 0 Å². The van der Waals surface area contributed by atoms with Crippen molar-refractivity contribution in [1.29, 1.82) is 0 Å². The highest BCUT2D eigenvalue weighted by atomic mass is 16.5. The number of nitrogens with zero attached hydrogens (tertiary/aromatic N) is 1. The van der Waals surface area contributed by atoms with E-state index in [1.165, 1.54) is 16.3 Å². The van der Waals surface area contributed by atoms with Crippen LogP contribution in [-0.4, -0.2) is 37.0 Å². The molecule has 25 heavy (non-hydrogen) atoms. The normalized spacial score (nSPS) is 18.5. The summed E-state index contributed by atoms with van der Waals surface area (Å²) < 4.78 is 5.28. The van der Waals surface area contributed by atoms with E-state index in [-0.39, 0.29) is 0 Å². The van der Waals surface area contributed by atoms with Crippen molar-refractivity contribution in [2.24, 2.45) is 5.92 Å². The molecule has 1 saturated carbocycles. The number of hydrogen-bond donors (Lipinski definition) is 1. The molecule has 2 fully saturated rings. The average molecular weight is 338 g/mol. The summed E-state index contributed by atoms with van der Waals surface area (Å²) in [4.78, 5) is 14.2. The van der Waals surface area contributed by atoms with Gasteiger partial charge in [0.05, 0.1) is 7.11 Å². The van der Waals surface area contributed by atoms with E-state index in [1.807, 2.05) is 6.07 Å². The zero-order valence-corrected chi connectivity index (χ0v) is 14.8. The van der Waals surface area contributed by atoms with Crippen molar-refractivity contribution in [2.45, 2.75) is 38.3 Å². The second-order valence-corrected chi connectivity index (χ2v) is 7.30. The number of piperidine rings is 1. The van der Waals surface area contributed by atoms with Crippen LogP contribution in [0.15, 0.2) is 36.4 Å². The zero-order chi connectivity index (χ0) is 17.2. The standard InChI is InChI=1S/C21H26N2O2/c1-25-20-7-6-17-12-15(2-3-18(17)13-20)14-22-19-8-10-23(11-9-19)21(24)16-4-5-16/h2-3,6-7,12-13,16,19,22H,4-5,8-11,14H2,1H3. The van der Waals surface area contributed by atoms with Crippen LogP contribution in [-0.2, 0) is 11.3 Å². The van der Waals surface area contributed by atoms with Crippen LogP contribution in [0.25, 0.3) is 10.8 Å². The maximum absolute atomic E-state index is 12.1. The topological polar surface area (TPSA) is 41.6 Å². The highest BCUT2D eigenvalue weighted by Crippen LogP contribution is 2.32. The van der Waals surface area contributed by atoms with E-state index < -0.39 is 0 Å². The minimum Gasteiger partial charge on any atom is -0.497 e. The van der Waals surface area contributed by atoms with Gasteiger partial charge >= 0.3 is 0 Å². The molecule has 4 nitrogen and oxygen atoms in total. The maximum atomic E-state index is 12.1. The van der Waals surface area contributed by atoms with E-state index in [2.05, 4.69) is 40.5 Å². The molecule has 132 valence electrons. The van der Waals surface area contributed by atoms with Gasteiger partial charge < -0.3 is 15.0 Å². The molecule has 1 aliphatic heterocycles. The fraction of sp³-hybridized carbons (Fsp3) is 0.476. The fourth-order valence-corrected chi connectivity index (χ4v) is 3.66. The Kier molecular flexibility index (Phi) is 4.62. The molecule has 2 aliphatic rings. The largest absolute Gasteiger partial charge is 0.497 e. The van der Waals surface area contributed by atoms with Gasteiger partial charge in [-0.2, -0.15) is 0 Å². The molecule has 1 heterocycles.